The van der Waals surface area contributed by atoms with E-state index in [9.17, 15) is 14.4 Å². The standard InChI is InChI=1S/C16H21N5O3/c1-5-14(22)10-19-15(23)21(18-17-19)16(24)20(11(2)3)13-8-6-12(4)7-9-13/h6-9,11H,5,10H2,1-4H3. The van der Waals surface area contributed by atoms with Crippen LogP contribution in [0.1, 0.15) is 32.8 Å². The molecule has 1 amide bonds. The van der Waals surface area contributed by atoms with Crippen molar-refractivity contribution < 1.29 is 9.59 Å². The first-order chi connectivity index (χ1) is 11.3. The van der Waals surface area contributed by atoms with Gasteiger partial charge in [0.2, 0.25) is 0 Å². The van der Waals surface area contributed by atoms with Crippen molar-refractivity contribution in [1.29, 1.82) is 0 Å². The first-order valence-corrected chi connectivity index (χ1v) is 7.80. The van der Waals surface area contributed by atoms with E-state index in [1.807, 2.05) is 45.0 Å². The van der Waals surface area contributed by atoms with Crippen LogP contribution in [0.5, 0.6) is 0 Å². The number of Topliss-reactive ketones (excluding diaryl/α,β-unsaturated/α-hetero) is 1. The Balaban J connectivity index is 2.36. The summed E-state index contributed by atoms with van der Waals surface area (Å²) in [6.45, 7) is 7.14. The molecule has 2 aromatic rings. The third-order valence-electron chi connectivity index (χ3n) is 3.58. The van der Waals surface area contributed by atoms with Crippen LogP contribution < -0.4 is 10.6 Å². The van der Waals surface area contributed by atoms with Crippen molar-refractivity contribution in [2.75, 3.05) is 4.90 Å². The predicted molar refractivity (Wildman–Crippen MR) is 89.2 cm³/mol. The molecule has 0 radical (unpaired) electrons. The fourth-order valence-electron chi connectivity index (χ4n) is 2.21. The van der Waals surface area contributed by atoms with Crippen LogP contribution in [0.4, 0.5) is 10.5 Å². The van der Waals surface area contributed by atoms with Gasteiger partial charge in [0.05, 0.1) is 0 Å². The Morgan fingerprint density at radius 2 is 1.79 bits per heavy atom. The van der Waals surface area contributed by atoms with E-state index in [4.69, 9.17) is 0 Å². The molecule has 0 spiro atoms. The smallest absolute Gasteiger partial charge is 0.298 e. The highest BCUT2D eigenvalue weighted by Crippen LogP contribution is 2.18. The fraction of sp³-hybridized carbons (Fsp3) is 0.438. The minimum Gasteiger partial charge on any atom is -0.298 e. The van der Waals surface area contributed by atoms with Crippen molar-refractivity contribution in [1.82, 2.24) is 19.8 Å². The Hall–Kier alpha value is -2.77. The monoisotopic (exact) mass is 331 g/mol. The number of aryl methyl sites for hydroxylation is 1. The molecule has 8 heteroatoms. The van der Waals surface area contributed by atoms with Gasteiger partial charge in [-0.3, -0.25) is 9.69 Å². The number of aromatic nitrogens is 4. The van der Waals surface area contributed by atoms with Crippen LogP contribution in [-0.2, 0) is 11.3 Å². The summed E-state index contributed by atoms with van der Waals surface area (Å²) in [6.07, 6.45) is 0.286. The number of nitrogens with zero attached hydrogens (tertiary/aromatic N) is 5. The molecule has 0 unspecified atom stereocenters. The van der Waals surface area contributed by atoms with Gasteiger partial charge in [0.1, 0.15) is 6.54 Å². The van der Waals surface area contributed by atoms with Crippen LogP contribution >= 0.6 is 0 Å². The Bertz CT molecular complexity index is 789. The van der Waals surface area contributed by atoms with Gasteiger partial charge in [0.25, 0.3) is 0 Å². The number of anilines is 1. The van der Waals surface area contributed by atoms with Crippen molar-refractivity contribution in [3.8, 4) is 0 Å². The topological polar surface area (TPSA) is 90.1 Å². The average Bonchev–Trinajstić information content (AvgIpc) is 2.90. The van der Waals surface area contributed by atoms with Gasteiger partial charge in [0.15, 0.2) is 5.78 Å². The van der Waals surface area contributed by atoms with E-state index in [-0.39, 0.29) is 24.8 Å². The number of hydrogen-bond donors (Lipinski definition) is 0. The molecular formula is C16H21N5O3. The van der Waals surface area contributed by atoms with E-state index in [1.165, 1.54) is 4.90 Å². The molecule has 0 bridgehead atoms. The molecule has 0 saturated carbocycles. The summed E-state index contributed by atoms with van der Waals surface area (Å²) < 4.78 is 1.58. The molecular weight excluding hydrogens is 310 g/mol. The van der Waals surface area contributed by atoms with E-state index in [2.05, 4.69) is 10.4 Å². The highest BCUT2D eigenvalue weighted by Gasteiger charge is 2.25. The van der Waals surface area contributed by atoms with Crippen LogP contribution in [0.25, 0.3) is 0 Å². The second kappa shape index (κ2) is 7.20. The fourth-order valence-corrected chi connectivity index (χ4v) is 2.21. The quantitative estimate of drug-likeness (QED) is 0.776. The van der Waals surface area contributed by atoms with Crippen LogP contribution in [0.2, 0.25) is 0 Å². The minimum absolute atomic E-state index is 0.157. The maximum Gasteiger partial charge on any atom is 0.372 e. The van der Waals surface area contributed by atoms with Gasteiger partial charge in [-0.25, -0.2) is 9.59 Å². The summed E-state index contributed by atoms with van der Waals surface area (Å²) >= 11 is 0. The molecule has 1 aromatic carbocycles. The number of benzene rings is 1. The van der Waals surface area contributed by atoms with Crippen LogP contribution in [0, 0.1) is 6.92 Å². The SMILES string of the molecule is CCC(=O)Cn1nnn(C(=O)N(c2ccc(C)cc2)C(C)C)c1=O. The van der Waals surface area contributed by atoms with Gasteiger partial charge >= 0.3 is 11.7 Å². The molecule has 8 nitrogen and oxygen atoms in total. The van der Waals surface area contributed by atoms with Gasteiger partial charge < -0.3 is 0 Å². The summed E-state index contributed by atoms with van der Waals surface area (Å²) in [4.78, 5) is 38.0. The molecule has 128 valence electrons. The van der Waals surface area contributed by atoms with Gasteiger partial charge in [-0.2, -0.15) is 4.68 Å². The first kappa shape index (κ1) is 17.6. The Labute approximate surface area is 139 Å². The first-order valence-electron chi connectivity index (χ1n) is 7.80. The van der Waals surface area contributed by atoms with Crippen molar-refractivity contribution in [2.45, 2.75) is 46.7 Å². The molecule has 24 heavy (non-hydrogen) atoms. The van der Waals surface area contributed by atoms with E-state index >= 15 is 0 Å². The van der Waals surface area contributed by atoms with Crippen molar-refractivity contribution in [2.24, 2.45) is 0 Å². The van der Waals surface area contributed by atoms with E-state index in [0.717, 1.165) is 10.2 Å². The third-order valence-corrected chi connectivity index (χ3v) is 3.58. The van der Waals surface area contributed by atoms with E-state index in [0.29, 0.717) is 10.4 Å². The number of hydrogen-bond acceptors (Lipinski definition) is 5. The average molecular weight is 331 g/mol. The number of ketones is 1. The Morgan fingerprint density at radius 1 is 1.17 bits per heavy atom. The Kier molecular flexibility index (Phi) is 5.28. The number of carbonyl (C=O) groups excluding carboxylic acids is 2. The summed E-state index contributed by atoms with van der Waals surface area (Å²) in [5.74, 6) is -0.157. The maximum atomic E-state index is 12.7. The molecule has 0 saturated heterocycles. The summed E-state index contributed by atoms with van der Waals surface area (Å²) in [5.41, 5.74) is 1.00. The summed E-state index contributed by atoms with van der Waals surface area (Å²) in [5, 5.41) is 7.25. The van der Waals surface area contributed by atoms with Crippen LogP contribution in [0.15, 0.2) is 29.1 Å². The van der Waals surface area contributed by atoms with Crippen LogP contribution in [-0.4, -0.2) is 37.6 Å². The second-order valence-electron chi connectivity index (χ2n) is 5.81. The lowest BCUT2D eigenvalue weighted by Gasteiger charge is -2.25. The normalized spacial score (nSPS) is 10.9. The minimum atomic E-state index is -0.723. The molecule has 0 aliphatic heterocycles. The number of carbonyl (C=O) groups is 2. The molecule has 0 aliphatic carbocycles. The van der Waals surface area contributed by atoms with Crippen LogP contribution in [0.3, 0.4) is 0 Å². The number of tetrazole rings is 1. The molecule has 1 heterocycles. The van der Waals surface area contributed by atoms with Gasteiger partial charge in [-0.05, 0) is 43.3 Å². The summed E-state index contributed by atoms with van der Waals surface area (Å²) in [7, 11) is 0. The molecule has 0 aliphatic rings. The molecule has 0 N–H and O–H groups in total. The van der Waals surface area contributed by atoms with E-state index < -0.39 is 11.7 Å². The van der Waals surface area contributed by atoms with E-state index in [1.54, 1.807) is 6.92 Å². The lowest BCUT2D eigenvalue weighted by atomic mass is 10.2. The number of amides is 1. The Morgan fingerprint density at radius 3 is 2.33 bits per heavy atom. The van der Waals surface area contributed by atoms with Gasteiger partial charge in [0, 0.05) is 18.2 Å². The molecule has 0 fully saturated rings. The van der Waals surface area contributed by atoms with Gasteiger partial charge in [-0.1, -0.05) is 24.6 Å². The zero-order valence-corrected chi connectivity index (χ0v) is 14.3. The lowest BCUT2D eigenvalue weighted by Crippen LogP contribution is -2.45. The lowest BCUT2D eigenvalue weighted by molar-refractivity contribution is -0.119. The number of rotatable bonds is 5. The zero-order valence-electron chi connectivity index (χ0n) is 14.3. The third kappa shape index (κ3) is 3.58. The summed E-state index contributed by atoms with van der Waals surface area (Å²) in [6, 6.07) is 6.60. The van der Waals surface area contributed by atoms with Crippen molar-refractivity contribution >= 4 is 17.5 Å². The predicted octanol–water partition coefficient (Wildman–Crippen LogP) is 1.61. The highest BCUT2D eigenvalue weighted by molar-refractivity contribution is 5.93. The van der Waals surface area contributed by atoms with Crippen molar-refractivity contribution in [3.05, 3.63) is 40.3 Å². The highest BCUT2D eigenvalue weighted by atomic mass is 16.2. The largest absolute Gasteiger partial charge is 0.372 e. The maximum absolute atomic E-state index is 12.7. The second-order valence-corrected chi connectivity index (χ2v) is 5.81. The molecule has 0 atom stereocenters. The zero-order chi connectivity index (χ0) is 17.9. The van der Waals surface area contributed by atoms with Gasteiger partial charge in [-0.15, -0.1) is 4.68 Å². The van der Waals surface area contributed by atoms with Crippen molar-refractivity contribution in [3.63, 3.8) is 0 Å². The molecule has 1 aromatic heterocycles. The molecule has 2 rings (SSSR count).